The zero-order valence-electron chi connectivity index (χ0n) is 15.4. The van der Waals surface area contributed by atoms with Crippen LogP contribution >= 0.6 is 0 Å². The number of anilines is 2. The first-order valence-electron chi connectivity index (χ1n) is 8.91. The van der Waals surface area contributed by atoms with Gasteiger partial charge in [-0.1, -0.05) is 12.1 Å². The zero-order valence-corrected chi connectivity index (χ0v) is 16.2. The normalized spacial score (nSPS) is 14.9. The fourth-order valence-corrected chi connectivity index (χ4v) is 4.16. The molecule has 0 N–H and O–H groups in total. The van der Waals surface area contributed by atoms with E-state index in [2.05, 4.69) is 25.8 Å². The van der Waals surface area contributed by atoms with Crippen molar-refractivity contribution in [3.05, 3.63) is 54.4 Å². The molecule has 1 fully saturated rings. The van der Waals surface area contributed by atoms with Crippen LogP contribution in [0.2, 0.25) is 0 Å². The summed E-state index contributed by atoms with van der Waals surface area (Å²) in [6, 6.07) is 14.8. The Hall–Kier alpha value is -3.18. The molecule has 28 heavy (non-hydrogen) atoms. The summed E-state index contributed by atoms with van der Waals surface area (Å²) in [6.45, 7) is 2.93. The first-order chi connectivity index (χ1) is 13.5. The molecule has 1 aliphatic heterocycles. The number of rotatable bonds is 3. The van der Waals surface area contributed by atoms with Crippen molar-refractivity contribution in [2.45, 2.75) is 4.90 Å². The predicted molar refractivity (Wildman–Crippen MR) is 108 cm³/mol. The highest BCUT2D eigenvalue weighted by molar-refractivity contribution is 7.90. The highest BCUT2D eigenvalue weighted by Crippen LogP contribution is 2.28. The number of hydrogen-bond acceptors (Lipinski definition) is 7. The Kier molecular flexibility index (Phi) is 4.61. The number of piperazine rings is 1. The molecule has 0 spiro atoms. The zero-order chi connectivity index (χ0) is 19.7. The number of aromatic nitrogens is 2. The molecule has 2 aromatic carbocycles. The molecule has 0 saturated carbocycles. The summed E-state index contributed by atoms with van der Waals surface area (Å²) in [6.07, 6.45) is 2.71. The summed E-state index contributed by atoms with van der Waals surface area (Å²) in [5.74, 6) is 0.740. The van der Waals surface area contributed by atoms with E-state index in [1.165, 1.54) is 12.6 Å². The van der Waals surface area contributed by atoms with E-state index in [1.54, 1.807) is 18.2 Å². The van der Waals surface area contributed by atoms with Gasteiger partial charge in [-0.05, 0) is 30.3 Å². The molecule has 0 amide bonds. The van der Waals surface area contributed by atoms with Gasteiger partial charge in [0, 0.05) is 37.8 Å². The average molecular weight is 393 g/mol. The van der Waals surface area contributed by atoms with Gasteiger partial charge in [-0.2, -0.15) is 5.26 Å². The van der Waals surface area contributed by atoms with Crippen molar-refractivity contribution in [2.24, 2.45) is 0 Å². The van der Waals surface area contributed by atoms with Gasteiger partial charge in [0.2, 0.25) is 0 Å². The van der Waals surface area contributed by atoms with Crippen LogP contribution in [0, 0.1) is 11.3 Å². The molecule has 142 valence electrons. The van der Waals surface area contributed by atoms with Crippen LogP contribution in [-0.2, 0) is 9.84 Å². The molecule has 0 radical (unpaired) electrons. The summed E-state index contributed by atoms with van der Waals surface area (Å²) >= 11 is 0. The van der Waals surface area contributed by atoms with E-state index in [-0.39, 0.29) is 4.90 Å². The van der Waals surface area contributed by atoms with E-state index >= 15 is 0 Å². The van der Waals surface area contributed by atoms with E-state index in [1.807, 2.05) is 24.3 Å². The summed E-state index contributed by atoms with van der Waals surface area (Å²) < 4.78 is 23.9. The lowest BCUT2D eigenvalue weighted by Gasteiger charge is -2.37. The Bertz CT molecular complexity index is 1180. The lowest BCUT2D eigenvalue weighted by Crippen LogP contribution is -2.47. The van der Waals surface area contributed by atoms with Crippen LogP contribution in [0.15, 0.2) is 53.7 Å². The lowest BCUT2D eigenvalue weighted by atomic mass is 10.1. The molecular weight excluding hydrogens is 374 g/mol. The van der Waals surface area contributed by atoms with Crippen LogP contribution in [0.25, 0.3) is 10.9 Å². The quantitative estimate of drug-likeness (QED) is 0.674. The summed E-state index contributed by atoms with van der Waals surface area (Å²) in [7, 11) is -3.31. The molecule has 2 heterocycles. The molecular formula is C20H19N5O2S. The average Bonchev–Trinajstić information content (AvgIpc) is 2.72. The van der Waals surface area contributed by atoms with Crippen LogP contribution in [0.3, 0.4) is 0 Å². The molecule has 4 rings (SSSR count). The van der Waals surface area contributed by atoms with Crippen molar-refractivity contribution in [1.29, 1.82) is 5.26 Å². The smallest absolute Gasteiger partial charge is 0.175 e. The van der Waals surface area contributed by atoms with Gasteiger partial charge in [-0.3, -0.25) is 0 Å². The fourth-order valence-electron chi connectivity index (χ4n) is 3.51. The molecule has 7 nitrogen and oxygen atoms in total. The maximum atomic E-state index is 11.9. The third-order valence-corrected chi connectivity index (χ3v) is 6.07. The van der Waals surface area contributed by atoms with Gasteiger partial charge in [0.25, 0.3) is 0 Å². The summed E-state index contributed by atoms with van der Waals surface area (Å²) in [5, 5.41) is 10.1. The summed E-state index contributed by atoms with van der Waals surface area (Å²) in [5.41, 5.74) is 2.33. The molecule has 8 heteroatoms. The second kappa shape index (κ2) is 7.09. The lowest BCUT2D eigenvalue weighted by molar-refractivity contribution is 0.602. The number of para-hydroxylation sites is 1. The number of nitriles is 1. The number of sulfone groups is 1. The molecule has 1 aromatic heterocycles. The van der Waals surface area contributed by atoms with Crippen LogP contribution in [0.4, 0.5) is 11.5 Å². The van der Waals surface area contributed by atoms with E-state index in [9.17, 15) is 13.7 Å². The molecule has 0 atom stereocenters. The largest absolute Gasteiger partial charge is 0.367 e. The van der Waals surface area contributed by atoms with Crippen molar-refractivity contribution in [2.75, 3.05) is 42.2 Å². The molecule has 1 saturated heterocycles. The minimum Gasteiger partial charge on any atom is -0.367 e. The van der Waals surface area contributed by atoms with E-state index in [0.717, 1.165) is 48.6 Å². The van der Waals surface area contributed by atoms with Gasteiger partial charge in [0.05, 0.1) is 21.7 Å². The standard InChI is InChI=1S/C20H19N5O2S/c1-28(26,27)16-6-7-18-17(12-16)20(23-14-22-18)25-10-8-24(9-11-25)19-5-3-2-4-15(19)13-21/h2-7,12,14H,8-11H2,1H3. The first-order valence-corrected chi connectivity index (χ1v) is 10.8. The Labute approximate surface area is 163 Å². The van der Waals surface area contributed by atoms with E-state index in [0.29, 0.717) is 5.56 Å². The van der Waals surface area contributed by atoms with Gasteiger partial charge in [0.15, 0.2) is 9.84 Å². The topological polar surface area (TPSA) is 90.2 Å². The maximum absolute atomic E-state index is 11.9. The minimum absolute atomic E-state index is 0.262. The Morgan fingerprint density at radius 2 is 1.71 bits per heavy atom. The molecule has 0 bridgehead atoms. The third kappa shape index (κ3) is 3.37. The van der Waals surface area contributed by atoms with Gasteiger partial charge in [0.1, 0.15) is 18.2 Å². The third-order valence-electron chi connectivity index (χ3n) is 4.96. The van der Waals surface area contributed by atoms with Crippen LogP contribution in [0.5, 0.6) is 0 Å². The van der Waals surface area contributed by atoms with Gasteiger partial charge >= 0.3 is 0 Å². The number of benzene rings is 2. The van der Waals surface area contributed by atoms with Crippen molar-refractivity contribution in [3.63, 3.8) is 0 Å². The van der Waals surface area contributed by atoms with Crippen LogP contribution in [0.1, 0.15) is 5.56 Å². The highest BCUT2D eigenvalue weighted by atomic mass is 32.2. The minimum atomic E-state index is -3.31. The van der Waals surface area contributed by atoms with Crippen LogP contribution < -0.4 is 9.80 Å². The van der Waals surface area contributed by atoms with Crippen molar-refractivity contribution in [1.82, 2.24) is 9.97 Å². The van der Waals surface area contributed by atoms with Crippen molar-refractivity contribution in [3.8, 4) is 6.07 Å². The van der Waals surface area contributed by atoms with Crippen LogP contribution in [-0.4, -0.2) is 50.8 Å². The number of hydrogen-bond donors (Lipinski definition) is 0. The Balaban J connectivity index is 1.63. The SMILES string of the molecule is CS(=O)(=O)c1ccc2ncnc(N3CCN(c4ccccc4C#N)CC3)c2c1. The van der Waals surface area contributed by atoms with E-state index in [4.69, 9.17) is 0 Å². The van der Waals surface area contributed by atoms with Gasteiger partial charge in [-0.25, -0.2) is 18.4 Å². The highest BCUT2D eigenvalue weighted by Gasteiger charge is 2.22. The van der Waals surface area contributed by atoms with Gasteiger partial charge in [-0.15, -0.1) is 0 Å². The number of fused-ring (bicyclic) bond motifs is 1. The fraction of sp³-hybridized carbons (Fsp3) is 0.250. The monoisotopic (exact) mass is 393 g/mol. The molecule has 3 aromatic rings. The Morgan fingerprint density at radius 1 is 1.00 bits per heavy atom. The first kappa shape index (κ1) is 18.2. The predicted octanol–water partition coefficient (Wildman–Crippen LogP) is 2.23. The maximum Gasteiger partial charge on any atom is 0.175 e. The Morgan fingerprint density at radius 3 is 2.43 bits per heavy atom. The molecule has 1 aliphatic rings. The summed E-state index contributed by atoms with van der Waals surface area (Å²) in [4.78, 5) is 13.3. The van der Waals surface area contributed by atoms with Gasteiger partial charge < -0.3 is 9.80 Å². The second-order valence-corrected chi connectivity index (χ2v) is 8.77. The molecule has 0 aliphatic carbocycles. The van der Waals surface area contributed by atoms with E-state index < -0.39 is 9.84 Å². The van der Waals surface area contributed by atoms with Crippen molar-refractivity contribution < 1.29 is 8.42 Å². The van der Waals surface area contributed by atoms with Crippen molar-refractivity contribution >= 4 is 32.2 Å². The second-order valence-electron chi connectivity index (χ2n) is 6.75. The number of nitrogens with zero attached hydrogens (tertiary/aromatic N) is 5. The molecule has 0 unspecified atom stereocenters.